The highest BCUT2D eigenvalue weighted by atomic mass is 31.2. The average molecular weight is 529 g/mol. The van der Waals surface area contributed by atoms with Gasteiger partial charge in [-0.15, -0.1) is 0 Å². The second-order valence-electron chi connectivity index (χ2n) is 11.5. The highest BCUT2D eigenvalue weighted by molar-refractivity contribution is 7.59. The Morgan fingerprint density at radius 2 is 1.78 bits per heavy atom. The Labute approximate surface area is 216 Å². The second-order valence-corrected chi connectivity index (χ2v) is 14.1. The molecule has 0 aromatic carbocycles. The van der Waals surface area contributed by atoms with E-state index in [9.17, 15) is 18.9 Å². The number of rotatable bonds is 9. The summed E-state index contributed by atoms with van der Waals surface area (Å²) in [5.41, 5.74) is 0. The fourth-order valence-corrected chi connectivity index (χ4v) is 6.86. The normalized spacial score (nSPS) is 29.6. The van der Waals surface area contributed by atoms with Crippen molar-refractivity contribution in [3.05, 3.63) is 0 Å². The molecule has 3 aliphatic rings. The van der Waals surface area contributed by atoms with Gasteiger partial charge in [-0.3, -0.25) is 23.8 Å². The van der Waals surface area contributed by atoms with Gasteiger partial charge in [0.05, 0.1) is 13.2 Å². The van der Waals surface area contributed by atoms with Gasteiger partial charge in [-0.25, -0.2) is 0 Å². The summed E-state index contributed by atoms with van der Waals surface area (Å²) in [4.78, 5) is 52.9. The summed E-state index contributed by atoms with van der Waals surface area (Å²) in [6.45, 7) is 13.4. The molecule has 3 fully saturated rings. The number of hydrogen-bond donors (Lipinski definition) is 0. The average Bonchev–Trinajstić information content (AvgIpc) is 2.76. The van der Waals surface area contributed by atoms with Gasteiger partial charge in [-0.2, -0.15) is 5.06 Å². The van der Waals surface area contributed by atoms with Crippen molar-refractivity contribution in [2.24, 2.45) is 11.8 Å². The van der Waals surface area contributed by atoms with Crippen LogP contribution in [0.5, 0.6) is 0 Å². The van der Waals surface area contributed by atoms with Crippen molar-refractivity contribution in [1.29, 1.82) is 0 Å². The second kappa shape index (κ2) is 11.9. The Kier molecular flexibility index (Phi) is 9.63. The van der Waals surface area contributed by atoms with Crippen LogP contribution in [0.4, 0.5) is 0 Å². The molecule has 5 atom stereocenters. The molecular formula is C25H45N4O6P. The molecule has 3 aliphatic heterocycles. The van der Waals surface area contributed by atoms with Crippen molar-refractivity contribution < 1.29 is 28.3 Å². The lowest BCUT2D eigenvalue weighted by atomic mass is 9.93. The van der Waals surface area contributed by atoms with Gasteiger partial charge in [0.15, 0.2) is 12.3 Å². The number of carbonyl (C=O) groups is 3. The number of likely N-dealkylation sites (N-methyl/N-ethyl adjacent to an activating group) is 1. The molecular weight excluding hydrogens is 483 g/mol. The third kappa shape index (κ3) is 6.69. The van der Waals surface area contributed by atoms with Crippen LogP contribution < -0.4 is 0 Å². The number of likely N-dealkylation sites (tertiary alicyclic amines) is 1. The third-order valence-corrected chi connectivity index (χ3v) is 8.77. The van der Waals surface area contributed by atoms with Crippen LogP contribution in [0.3, 0.4) is 0 Å². The molecule has 0 N–H and O–H groups in total. The Morgan fingerprint density at radius 1 is 1.11 bits per heavy atom. The first kappa shape index (κ1) is 29.1. The van der Waals surface area contributed by atoms with E-state index in [1.54, 1.807) is 11.8 Å². The van der Waals surface area contributed by atoms with Gasteiger partial charge in [0.1, 0.15) is 12.2 Å². The Bertz CT molecular complexity index is 867. The van der Waals surface area contributed by atoms with Crippen LogP contribution in [0.1, 0.15) is 60.3 Å². The summed E-state index contributed by atoms with van der Waals surface area (Å²) in [6.07, 6.45) is 0.832. The predicted molar refractivity (Wildman–Crippen MR) is 137 cm³/mol. The maximum atomic E-state index is 13.9. The topological polar surface area (TPSA) is 99.7 Å². The maximum absolute atomic E-state index is 13.9. The molecule has 3 saturated heterocycles. The minimum atomic E-state index is -3.19. The van der Waals surface area contributed by atoms with Gasteiger partial charge in [0, 0.05) is 19.3 Å². The zero-order valence-electron chi connectivity index (χ0n) is 23.0. The van der Waals surface area contributed by atoms with E-state index in [1.165, 1.54) is 11.7 Å². The summed E-state index contributed by atoms with van der Waals surface area (Å²) < 4.78 is 18.2. The van der Waals surface area contributed by atoms with Crippen LogP contribution in [0.2, 0.25) is 0 Å². The van der Waals surface area contributed by atoms with Gasteiger partial charge in [0.25, 0.3) is 11.8 Å². The molecule has 3 amide bonds. The molecule has 0 aromatic rings. The lowest BCUT2D eigenvalue weighted by molar-refractivity contribution is -0.277. The molecule has 2 unspecified atom stereocenters. The molecule has 10 nitrogen and oxygen atoms in total. The van der Waals surface area contributed by atoms with Crippen molar-refractivity contribution in [3.63, 3.8) is 0 Å². The highest BCUT2D eigenvalue weighted by Gasteiger charge is 2.54. The number of piperidine rings is 1. The number of amides is 3. The summed E-state index contributed by atoms with van der Waals surface area (Å²) in [5, 5.41) is 1.24. The van der Waals surface area contributed by atoms with E-state index < -0.39 is 31.6 Å². The van der Waals surface area contributed by atoms with E-state index in [4.69, 9.17) is 9.36 Å². The molecule has 0 saturated carbocycles. The van der Waals surface area contributed by atoms with Crippen molar-refractivity contribution in [2.75, 3.05) is 46.1 Å². The summed E-state index contributed by atoms with van der Waals surface area (Å²) >= 11 is 0. The van der Waals surface area contributed by atoms with Gasteiger partial charge in [-0.1, -0.05) is 27.7 Å². The summed E-state index contributed by atoms with van der Waals surface area (Å²) in [5.74, 6) is -0.468. The molecule has 3 heterocycles. The van der Waals surface area contributed by atoms with Crippen molar-refractivity contribution >= 4 is 25.1 Å². The van der Waals surface area contributed by atoms with E-state index >= 15 is 0 Å². The zero-order chi connectivity index (χ0) is 26.8. The summed E-state index contributed by atoms with van der Waals surface area (Å²) in [6, 6.07) is -0.660. The van der Waals surface area contributed by atoms with Crippen molar-refractivity contribution in [3.8, 4) is 0 Å². The number of piperazine rings is 1. The SMILES string of the molecule is CCOP(C)(=O)CC(=O)N1O[C@H](CC(C)C)C(=O)N2[C@@H]1CN(C1CCCN(C)C1)C(=O)[C@@H]2CC(C)C. The molecule has 3 rings (SSSR count). The molecule has 0 aliphatic carbocycles. The van der Waals surface area contributed by atoms with Crippen molar-refractivity contribution in [2.45, 2.75) is 84.7 Å². The quantitative estimate of drug-likeness (QED) is 0.424. The molecule has 0 bridgehead atoms. The van der Waals surface area contributed by atoms with Crippen molar-refractivity contribution in [1.82, 2.24) is 19.8 Å². The van der Waals surface area contributed by atoms with Crippen LogP contribution in [-0.4, -0.2) is 108 Å². The minimum absolute atomic E-state index is 0.00852. The zero-order valence-corrected chi connectivity index (χ0v) is 23.9. The van der Waals surface area contributed by atoms with Crippen LogP contribution >= 0.6 is 7.37 Å². The Balaban J connectivity index is 2.00. The van der Waals surface area contributed by atoms with E-state index in [1.807, 2.05) is 39.6 Å². The third-order valence-electron chi connectivity index (χ3n) is 7.12. The monoisotopic (exact) mass is 528 g/mol. The first-order valence-electron chi connectivity index (χ1n) is 13.4. The largest absolute Gasteiger partial charge is 0.333 e. The van der Waals surface area contributed by atoms with E-state index in [-0.39, 0.29) is 49.0 Å². The highest BCUT2D eigenvalue weighted by Crippen LogP contribution is 2.43. The lowest BCUT2D eigenvalue weighted by Crippen LogP contribution is -2.75. The fourth-order valence-electron chi connectivity index (χ4n) is 5.59. The number of hydrogen-bond acceptors (Lipinski definition) is 7. The number of carbonyl (C=O) groups excluding carboxylic acids is 3. The van der Waals surface area contributed by atoms with E-state index in [0.29, 0.717) is 12.8 Å². The Morgan fingerprint density at radius 3 is 2.36 bits per heavy atom. The van der Waals surface area contributed by atoms with Gasteiger partial charge in [0.2, 0.25) is 13.3 Å². The fraction of sp³-hybridized carbons (Fsp3) is 0.880. The van der Waals surface area contributed by atoms with Gasteiger partial charge >= 0.3 is 0 Å². The van der Waals surface area contributed by atoms with Gasteiger partial charge < -0.3 is 19.2 Å². The van der Waals surface area contributed by atoms with Crippen LogP contribution in [-0.2, 0) is 28.3 Å². The molecule has 11 heteroatoms. The summed E-state index contributed by atoms with van der Waals surface area (Å²) in [7, 11) is -1.14. The molecule has 36 heavy (non-hydrogen) atoms. The molecule has 206 valence electrons. The van der Waals surface area contributed by atoms with Crippen LogP contribution in [0, 0.1) is 11.8 Å². The molecule has 0 spiro atoms. The molecule has 0 radical (unpaired) electrons. The smallest absolute Gasteiger partial charge is 0.257 e. The maximum Gasteiger partial charge on any atom is 0.257 e. The van der Waals surface area contributed by atoms with E-state index in [2.05, 4.69) is 4.90 Å². The Hall–Kier alpha value is -1.48. The van der Waals surface area contributed by atoms with E-state index in [0.717, 1.165) is 25.9 Å². The first-order valence-corrected chi connectivity index (χ1v) is 15.6. The first-order chi connectivity index (χ1) is 16.8. The predicted octanol–water partition coefficient (Wildman–Crippen LogP) is 2.63. The number of hydroxylamine groups is 2. The number of nitrogens with zero attached hydrogens (tertiary/aromatic N) is 4. The van der Waals surface area contributed by atoms with Crippen LogP contribution in [0.15, 0.2) is 0 Å². The van der Waals surface area contributed by atoms with Gasteiger partial charge in [-0.05, 0) is 58.0 Å². The van der Waals surface area contributed by atoms with Crippen LogP contribution in [0.25, 0.3) is 0 Å². The molecule has 0 aromatic heterocycles. The number of fused-ring (bicyclic) bond motifs is 1. The lowest BCUT2D eigenvalue weighted by Gasteiger charge is -2.55. The standard InChI is InChI=1S/C25H45N4O6P/c1-8-34-36(7,33)16-23(30)29-22-15-27(19-10-9-11-26(6)14-19)24(31)20(12-17(2)3)28(22)25(32)21(35-29)13-18(4)5/h17-22H,8-16H2,1-7H3/t19?,20-,21+,22-,36?/m0/s1. The minimum Gasteiger partial charge on any atom is -0.333 e.